The normalized spacial score (nSPS) is 11.5. The fourth-order valence-corrected chi connectivity index (χ4v) is 2.58. The van der Waals surface area contributed by atoms with E-state index in [4.69, 9.17) is 4.74 Å². The summed E-state index contributed by atoms with van der Waals surface area (Å²) in [6, 6.07) is 6.79. The second-order valence-electron chi connectivity index (χ2n) is 4.58. The van der Waals surface area contributed by atoms with E-state index < -0.39 is 10.0 Å². The number of hydrogen-bond donors (Lipinski definition) is 2. The van der Waals surface area contributed by atoms with Crippen LogP contribution >= 0.6 is 0 Å². The van der Waals surface area contributed by atoms with Crippen molar-refractivity contribution < 1.29 is 13.2 Å². The van der Waals surface area contributed by atoms with Crippen LogP contribution in [0.4, 0.5) is 0 Å². The summed E-state index contributed by atoms with van der Waals surface area (Å²) >= 11 is 0. The van der Waals surface area contributed by atoms with Gasteiger partial charge in [-0.15, -0.1) is 0 Å². The van der Waals surface area contributed by atoms with Gasteiger partial charge in [0.1, 0.15) is 0 Å². The van der Waals surface area contributed by atoms with Gasteiger partial charge in [0.25, 0.3) is 0 Å². The Labute approximate surface area is 121 Å². The van der Waals surface area contributed by atoms with Crippen molar-refractivity contribution in [1.82, 2.24) is 10.0 Å². The van der Waals surface area contributed by atoms with Crippen LogP contribution in [0, 0.1) is 0 Å². The average molecular weight is 298 g/mol. The van der Waals surface area contributed by atoms with Gasteiger partial charge in [0.15, 0.2) is 0 Å². The molecule has 1 rings (SSSR count). The molecule has 0 aliphatic rings. The Morgan fingerprint density at radius 2 is 1.95 bits per heavy atom. The summed E-state index contributed by atoms with van der Waals surface area (Å²) in [5.41, 5.74) is 1.95. The van der Waals surface area contributed by atoms with Gasteiger partial charge < -0.3 is 10.1 Å². The average Bonchev–Trinajstić information content (AvgIpc) is 2.39. The third-order valence-corrected chi connectivity index (χ3v) is 3.98. The zero-order chi connectivity index (χ0) is 15.0. The molecule has 1 aromatic carbocycles. The number of hydrogen-bond acceptors (Lipinski definition) is 4. The Morgan fingerprint density at radius 3 is 2.50 bits per heavy atom. The van der Waals surface area contributed by atoms with Crippen LogP contribution in [-0.4, -0.2) is 35.2 Å². The summed E-state index contributed by atoms with van der Waals surface area (Å²) in [7, 11) is -1.62. The van der Waals surface area contributed by atoms with Crippen molar-refractivity contribution in [2.45, 2.75) is 18.4 Å². The lowest BCUT2D eigenvalue weighted by Gasteiger charge is -2.08. The smallest absolute Gasteiger partial charge is 0.240 e. The molecular weight excluding hydrogens is 276 g/mol. The van der Waals surface area contributed by atoms with E-state index >= 15 is 0 Å². The summed E-state index contributed by atoms with van der Waals surface area (Å²) in [5.74, 6) is 0. The van der Waals surface area contributed by atoms with Crippen LogP contribution in [0.2, 0.25) is 0 Å². The lowest BCUT2D eigenvalue weighted by atomic mass is 10.2. The number of nitrogens with one attached hydrogen (secondary N) is 2. The first-order valence-electron chi connectivity index (χ1n) is 6.41. The minimum Gasteiger partial charge on any atom is -0.376 e. The second kappa shape index (κ2) is 8.16. The first-order valence-corrected chi connectivity index (χ1v) is 7.89. The van der Waals surface area contributed by atoms with Crippen molar-refractivity contribution in [2.24, 2.45) is 0 Å². The highest BCUT2D eigenvalue weighted by Crippen LogP contribution is 2.10. The third kappa shape index (κ3) is 5.83. The minimum absolute atomic E-state index is 0.244. The maximum Gasteiger partial charge on any atom is 0.240 e. The maximum atomic E-state index is 12.0. The third-order valence-electron chi connectivity index (χ3n) is 2.50. The Bertz CT molecular complexity index is 524. The van der Waals surface area contributed by atoms with E-state index in [1.54, 1.807) is 24.3 Å². The van der Waals surface area contributed by atoms with Crippen LogP contribution in [0.1, 0.15) is 12.5 Å². The van der Waals surface area contributed by atoms with Crippen LogP contribution in [0.25, 0.3) is 0 Å². The van der Waals surface area contributed by atoms with E-state index in [1.165, 1.54) is 0 Å². The molecule has 6 heteroatoms. The van der Waals surface area contributed by atoms with E-state index in [0.717, 1.165) is 11.1 Å². The number of rotatable bonds is 9. The Hall–Kier alpha value is -1.21. The lowest BCUT2D eigenvalue weighted by Crippen LogP contribution is -2.27. The van der Waals surface area contributed by atoms with Crippen molar-refractivity contribution >= 4 is 10.0 Å². The Morgan fingerprint density at radius 1 is 1.30 bits per heavy atom. The summed E-state index contributed by atoms with van der Waals surface area (Å²) < 4.78 is 31.7. The van der Waals surface area contributed by atoms with E-state index in [1.807, 2.05) is 14.0 Å². The van der Waals surface area contributed by atoms with Gasteiger partial charge in [-0.05, 0) is 31.7 Å². The fourth-order valence-electron chi connectivity index (χ4n) is 1.57. The monoisotopic (exact) mass is 298 g/mol. The molecule has 0 aliphatic heterocycles. The Balaban J connectivity index is 2.49. The van der Waals surface area contributed by atoms with E-state index in [2.05, 4.69) is 16.6 Å². The van der Waals surface area contributed by atoms with Gasteiger partial charge >= 0.3 is 0 Å². The van der Waals surface area contributed by atoms with Gasteiger partial charge in [-0.25, -0.2) is 13.1 Å². The van der Waals surface area contributed by atoms with E-state index in [0.29, 0.717) is 19.8 Å². The molecule has 0 radical (unpaired) electrons. The Kier molecular flexibility index (Phi) is 6.87. The van der Waals surface area contributed by atoms with E-state index in [-0.39, 0.29) is 11.4 Å². The highest BCUT2D eigenvalue weighted by Gasteiger charge is 2.12. The molecule has 0 unspecified atom stereocenters. The second-order valence-corrected chi connectivity index (χ2v) is 6.35. The maximum absolute atomic E-state index is 12.0. The zero-order valence-corrected chi connectivity index (χ0v) is 12.8. The molecule has 5 nitrogen and oxygen atoms in total. The van der Waals surface area contributed by atoms with Crippen LogP contribution in [0.3, 0.4) is 0 Å². The first-order chi connectivity index (χ1) is 9.45. The van der Waals surface area contributed by atoms with Crippen molar-refractivity contribution in [3.8, 4) is 0 Å². The summed E-state index contributed by atoms with van der Waals surface area (Å²) in [5, 5.41) is 3.01. The molecule has 0 heterocycles. The predicted octanol–water partition coefficient (Wildman–Crippen LogP) is 1.28. The van der Waals surface area contributed by atoms with Crippen LogP contribution in [0.15, 0.2) is 41.3 Å². The van der Waals surface area contributed by atoms with Crippen LogP contribution in [-0.2, 0) is 21.3 Å². The van der Waals surface area contributed by atoms with Gasteiger partial charge in [0.05, 0.1) is 18.1 Å². The molecule has 0 aliphatic carbocycles. The number of ether oxygens (including phenoxy) is 1. The molecule has 2 N–H and O–H groups in total. The van der Waals surface area contributed by atoms with E-state index in [9.17, 15) is 8.42 Å². The molecule has 0 spiro atoms. The molecule has 0 aromatic heterocycles. The van der Waals surface area contributed by atoms with Crippen molar-refractivity contribution in [1.29, 1.82) is 0 Å². The lowest BCUT2D eigenvalue weighted by molar-refractivity contribution is 0.162. The van der Waals surface area contributed by atoms with Crippen LogP contribution in [0.5, 0.6) is 0 Å². The highest BCUT2D eigenvalue weighted by atomic mass is 32.2. The highest BCUT2D eigenvalue weighted by molar-refractivity contribution is 7.89. The molecule has 1 aromatic rings. The summed E-state index contributed by atoms with van der Waals surface area (Å²) in [6.07, 6.45) is 0. The van der Waals surface area contributed by atoms with Gasteiger partial charge in [-0.3, -0.25) is 0 Å². The largest absolute Gasteiger partial charge is 0.376 e. The summed E-state index contributed by atoms with van der Waals surface area (Å²) in [4.78, 5) is 0.261. The van der Waals surface area contributed by atoms with Gasteiger partial charge in [0.2, 0.25) is 10.0 Å². The van der Waals surface area contributed by atoms with Crippen molar-refractivity contribution in [2.75, 3.05) is 26.8 Å². The molecular formula is C14H22N2O3S. The predicted molar refractivity (Wildman–Crippen MR) is 80.0 cm³/mol. The quantitative estimate of drug-likeness (QED) is 0.532. The van der Waals surface area contributed by atoms with Crippen molar-refractivity contribution in [3.63, 3.8) is 0 Å². The van der Waals surface area contributed by atoms with Gasteiger partial charge in [-0.2, -0.15) is 0 Å². The summed E-state index contributed by atoms with van der Waals surface area (Å²) in [6.45, 7) is 7.28. The molecule has 0 atom stereocenters. The van der Waals surface area contributed by atoms with Crippen molar-refractivity contribution in [3.05, 3.63) is 42.0 Å². The molecule has 0 bridgehead atoms. The van der Waals surface area contributed by atoms with Crippen LogP contribution < -0.4 is 10.0 Å². The molecule has 0 amide bonds. The fraction of sp³-hybridized carbons (Fsp3) is 0.429. The van der Waals surface area contributed by atoms with Gasteiger partial charge in [0, 0.05) is 13.1 Å². The molecule has 0 saturated carbocycles. The van der Waals surface area contributed by atoms with Gasteiger partial charge in [-0.1, -0.05) is 24.3 Å². The standard InChI is InChI=1S/C14H22N2O3S/c1-12(2)11-19-9-8-16-20(17,18)14-6-4-13(5-7-14)10-15-3/h4-7,15-16H,1,8-11H2,2-3H3. The SMILES string of the molecule is C=C(C)COCCNS(=O)(=O)c1ccc(CNC)cc1. The molecule has 0 saturated heterocycles. The molecule has 20 heavy (non-hydrogen) atoms. The molecule has 112 valence electrons. The number of benzene rings is 1. The topological polar surface area (TPSA) is 67.4 Å². The first kappa shape index (κ1) is 16.8. The molecule has 0 fully saturated rings. The number of sulfonamides is 1. The zero-order valence-electron chi connectivity index (χ0n) is 12.0. The minimum atomic E-state index is -3.47.